The van der Waals surface area contributed by atoms with Crippen LogP contribution >= 0.6 is 0 Å². The maximum atomic E-state index is 12.1. The average Bonchev–Trinajstić information content (AvgIpc) is 2.65. The molecule has 0 fully saturated rings. The second-order valence-electron chi connectivity index (χ2n) is 5.89. The van der Waals surface area contributed by atoms with E-state index in [9.17, 15) is 14.4 Å². The number of rotatable bonds is 7. The van der Waals surface area contributed by atoms with E-state index in [2.05, 4.69) is 10.6 Å². The van der Waals surface area contributed by atoms with Crippen LogP contribution in [0.2, 0.25) is 0 Å². The highest BCUT2D eigenvalue weighted by Gasteiger charge is 2.22. The lowest BCUT2D eigenvalue weighted by atomic mass is 10.0. The molecular formula is C20H22N2O4. The molecule has 0 radical (unpaired) electrons. The van der Waals surface area contributed by atoms with Crippen molar-refractivity contribution in [3.05, 3.63) is 71.3 Å². The first-order valence-corrected chi connectivity index (χ1v) is 8.25. The molecule has 6 nitrogen and oxygen atoms in total. The van der Waals surface area contributed by atoms with Gasteiger partial charge < -0.3 is 15.4 Å². The summed E-state index contributed by atoms with van der Waals surface area (Å²) in [5.41, 5.74) is 2.44. The molecule has 26 heavy (non-hydrogen) atoms. The van der Waals surface area contributed by atoms with E-state index in [0.717, 1.165) is 11.1 Å². The van der Waals surface area contributed by atoms with Crippen LogP contribution in [0.25, 0.3) is 0 Å². The highest BCUT2D eigenvalue weighted by Crippen LogP contribution is 2.08. The normalized spacial score (nSPS) is 11.3. The average molecular weight is 354 g/mol. The number of nitrogens with one attached hydrogen (secondary N) is 2. The van der Waals surface area contributed by atoms with Crippen molar-refractivity contribution in [1.82, 2.24) is 10.6 Å². The van der Waals surface area contributed by atoms with Crippen LogP contribution in [0.5, 0.6) is 0 Å². The molecule has 0 saturated heterocycles. The number of aryl methyl sites for hydroxylation is 1. The van der Waals surface area contributed by atoms with Gasteiger partial charge in [-0.05, 0) is 24.6 Å². The summed E-state index contributed by atoms with van der Waals surface area (Å²) in [6, 6.07) is 15.4. The number of benzene rings is 2. The van der Waals surface area contributed by atoms with Crippen molar-refractivity contribution in [2.24, 2.45) is 0 Å². The van der Waals surface area contributed by atoms with Gasteiger partial charge in [0.15, 0.2) is 0 Å². The van der Waals surface area contributed by atoms with Crippen LogP contribution in [0, 0.1) is 6.92 Å². The maximum Gasteiger partial charge on any atom is 0.328 e. The van der Waals surface area contributed by atoms with Gasteiger partial charge in [-0.1, -0.05) is 48.0 Å². The summed E-state index contributed by atoms with van der Waals surface area (Å²) in [6.07, 6.45) is 0.312. The Balaban J connectivity index is 1.93. The van der Waals surface area contributed by atoms with Gasteiger partial charge in [0.25, 0.3) is 5.91 Å². The third kappa shape index (κ3) is 5.73. The maximum absolute atomic E-state index is 12.1. The summed E-state index contributed by atoms with van der Waals surface area (Å²) in [6.45, 7) is 1.73. The zero-order valence-electron chi connectivity index (χ0n) is 14.8. The Kier molecular flexibility index (Phi) is 6.91. The van der Waals surface area contributed by atoms with Gasteiger partial charge in [-0.25, -0.2) is 4.79 Å². The van der Waals surface area contributed by atoms with Gasteiger partial charge in [-0.2, -0.15) is 0 Å². The van der Waals surface area contributed by atoms with Crippen LogP contribution in [-0.4, -0.2) is 37.5 Å². The molecular weight excluding hydrogens is 332 g/mol. The van der Waals surface area contributed by atoms with E-state index in [0.29, 0.717) is 12.0 Å². The molecule has 6 heteroatoms. The lowest BCUT2D eigenvalue weighted by molar-refractivity contribution is -0.144. The van der Waals surface area contributed by atoms with Crippen molar-refractivity contribution in [3.63, 3.8) is 0 Å². The fourth-order valence-corrected chi connectivity index (χ4v) is 2.51. The third-order valence-corrected chi connectivity index (χ3v) is 3.79. The Morgan fingerprint density at radius 2 is 1.77 bits per heavy atom. The fourth-order valence-electron chi connectivity index (χ4n) is 2.51. The second kappa shape index (κ2) is 9.36. The standard InChI is InChI=1S/C20H22N2O4/c1-14-7-6-8-15(11-14)12-17(20(25)26-2)22-18(23)13-21-19(24)16-9-4-3-5-10-16/h3-11,17H,12-13H2,1-2H3,(H,21,24)(H,22,23)/t17-/m1/s1. The molecule has 2 N–H and O–H groups in total. The Labute approximate surface area is 152 Å². The summed E-state index contributed by atoms with van der Waals surface area (Å²) in [4.78, 5) is 36.1. The predicted molar refractivity (Wildman–Crippen MR) is 97.6 cm³/mol. The summed E-state index contributed by atoms with van der Waals surface area (Å²) >= 11 is 0. The molecule has 0 saturated carbocycles. The molecule has 0 aliphatic heterocycles. The van der Waals surface area contributed by atoms with Crippen LogP contribution in [0.4, 0.5) is 0 Å². The van der Waals surface area contributed by atoms with Gasteiger partial charge in [0.2, 0.25) is 5.91 Å². The highest BCUT2D eigenvalue weighted by atomic mass is 16.5. The van der Waals surface area contributed by atoms with Crippen LogP contribution in [0.1, 0.15) is 21.5 Å². The Morgan fingerprint density at radius 3 is 2.42 bits per heavy atom. The lowest BCUT2D eigenvalue weighted by Gasteiger charge is -2.17. The van der Waals surface area contributed by atoms with E-state index >= 15 is 0 Å². The first kappa shape index (κ1) is 19.2. The van der Waals surface area contributed by atoms with Crippen molar-refractivity contribution < 1.29 is 19.1 Å². The number of carbonyl (C=O) groups excluding carboxylic acids is 3. The van der Waals surface area contributed by atoms with Crippen LogP contribution in [0.15, 0.2) is 54.6 Å². The van der Waals surface area contributed by atoms with Crippen LogP contribution in [-0.2, 0) is 20.7 Å². The topological polar surface area (TPSA) is 84.5 Å². The molecule has 0 bridgehead atoms. The minimum atomic E-state index is -0.817. The van der Waals surface area contributed by atoms with Crippen molar-refractivity contribution in [3.8, 4) is 0 Å². The van der Waals surface area contributed by atoms with Gasteiger partial charge in [0.05, 0.1) is 13.7 Å². The number of esters is 1. The lowest BCUT2D eigenvalue weighted by Crippen LogP contribution is -2.47. The van der Waals surface area contributed by atoms with E-state index in [1.807, 2.05) is 31.2 Å². The van der Waals surface area contributed by atoms with E-state index in [1.165, 1.54) is 7.11 Å². The van der Waals surface area contributed by atoms with Crippen molar-refractivity contribution in [2.75, 3.05) is 13.7 Å². The molecule has 0 aromatic heterocycles. The van der Waals surface area contributed by atoms with Gasteiger partial charge in [0.1, 0.15) is 6.04 Å². The fraction of sp³-hybridized carbons (Fsp3) is 0.250. The van der Waals surface area contributed by atoms with Gasteiger partial charge in [0, 0.05) is 12.0 Å². The molecule has 0 spiro atoms. The zero-order valence-corrected chi connectivity index (χ0v) is 14.8. The van der Waals surface area contributed by atoms with E-state index in [4.69, 9.17) is 4.74 Å². The molecule has 2 aromatic rings. The van der Waals surface area contributed by atoms with Gasteiger partial charge in [-0.3, -0.25) is 9.59 Å². The minimum absolute atomic E-state index is 0.227. The molecule has 136 valence electrons. The minimum Gasteiger partial charge on any atom is -0.467 e. The van der Waals surface area contributed by atoms with Crippen molar-refractivity contribution in [1.29, 1.82) is 0 Å². The monoisotopic (exact) mass is 354 g/mol. The number of ether oxygens (including phenoxy) is 1. The number of amides is 2. The third-order valence-electron chi connectivity index (χ3n) is 3.79. The Hall–Kier alpha value is -3.15. The molecule has 0 heterocycles. The van der Waals surface area contributed by atoms with Crippen LogP contribution in [0.3, 0.4) is 0 Å². The number of carbonyl (C=O) groups is 3. The molecule has 1 atom stereocenters. The quantitative estimate of drug-likeness (QED) is 0.740. The summed E-state index contributed by atoms with van der Waals surface area (Å²) in [5.74, 6) is -1.35. The highest BCUT2D eigenvalue weighted by molar-refractivity contribution is 5.96. The molecule has 0 aliphatic rings. The largest absolute Gasteiger partial charge is 0.467 e. The van der Waals surface area contributed by atoms with Crippen molar-refractivity contribution in [2.45, 2.75) is 19.4 Å². The number of methoxy groups -OCH3 is 1. The smallest absolute Gasteiger partial charge is 0.328 e. The van der Waals surface area contributed by atoms with E-state index in [1.54, 1.807) is 30.3 Å². The van der Waals surface area contributed by atoms with Gasteiger partial charge in [-0.15, -0.1) is 0 Å². The molecule has 0 aliphatic carbocycles. The number of hydrogen-bond acceptors (Lipinski definition) is 4. The zero-order chi connectivity index (χ0) is 18.9. The Bertz CT molecular complexity index is 774. The Morgan fingerprint density at radius 1 is 1.04 bits per heavy atom. The first-order valence-electron chi connectivity index (χ1n) is 8.25. The molecule has 2 amide bonds. The summed E-state index contributed by atoms with van der Waals surface area (Å²) in [5, 5.41) is 5.15. The second-order valence-corrected chi connectivity index (χ2v) is 5.89. The van der Waals surface area contributed by atoms with E-state index < -0.39 is 17.9 Å². The molecule has 0 unspecified atom stereocenters. The van der Waals surface area contributed by atoms with E-state index in [-0.39, 0.29) is 12.5 Å². The first-order chi connectivity index (χ1) is 12.5. The number of hydrogen-bond donors (Lipinski definition) is 2. The SMILES string of the molecule is COC(=O)[C@@H](Cc1cccc(C)c1)NC(=O)CNC(=O)c1ccccc1. The summed E-state index contributed by atoms with van der Waals surface area (Å²) in [7, 11) is 1.27. The predicted octanol–water partition coefficient (Wildman–Crippen LogP) is 1.63. The van der Waals surface area contributed by atoms with Crippen LogP contribution < -0.4 is 10.6 Å². The molecule has 2 aromatic carbocycles. The molecule has 2 rings (SSSR count). The summed E-state index contributed by atoms with van der Waals surface area (Å²) < 4.78 is 4.77. The van der Waals surface area contributed by atoms with Crippen molar-refractivity contribution >= 4 is 17.8 Å². The van der Waals surface area contributed by atoms with Gasteiger partial charge >= 0.3 is 5.97 Å².